The molecule has 0 radical (unpaired) electrons. The van der Waals surface area contributed by atoms with Gasteiger partial charge in [0.05, 0.1) is 11.8 Å². The fraction of sp³-hybridized carbons (Fsp3) is 0.450. The lowest BCUT2D eigenvalue weighted by Crippen LogP contribution is -2.43. The Morgan fingerprint density at radius 3 is 2.71 bits per heavy atom. The molecule has 8 heteroatoms. The molecule has 150 valence electrons. The van der Waals surface area contributed by atoms with Gasteiger partial charge in [-0.1, -0.05) is 30.3 Å². The predicted molar refractivity (Wildman–Crippen MR) is 111 cm³/mol. The molecule has 2 aromatic rings. The van der Waals surface area contributed by atoms with Crippen LogP contribution in [0.5, 0.6) is 0 Å². The third-order valence-electron chi connectivity index (χ3n) is 4.68. The molecule has 3 rings (SSSR count). The lowest BCUT2D eigenvalue weighted by Gasteiger charge is -2.27. The van der Waals surface area contributed by atoms with Gasteiger partial charge in [0.2, 0.25) is 11.8 Å². The SMILES string of the molecule is Cc1nc(NC(=O)CN(CC2CCCO2)C(=O)C(Cl)c2ccccc2)sc1C. The van der Waals surface area contributed by atoms with Gasteiger partial charge in [0.15, 0.2) is 5.13 Å². The molecule has 6 nitrogen and oxygen atoms in total. The molecule has 1 aliphatic rings. The maximum absolute atomic E-state index is 13.0. The smallest absolute Gasteiger partial charge is 0.245 e. The van der Waals surface area contributed by atoms with E-state index in [1.807, 2.05) is 32.0 Å². The molecule has 0 aliphatic carbocycles. The first-order chi connectivity index (χ1) is 13.4. The topological polar surface area (TPSA) is 71.5 Å². The van der Waals surface area contributed by atoms with Crippen molar-refractivity contribution in [2.45, 2.75) is 38.2 Å². The molecule has 2 heterocycles. The highest BCUT2D eigenvalue weighted by atomic mass is 35.5. The molecule has 1 aromatic carbocycles. The number of carbonyl (C=O) groups is 2. The summed E-state index contributed by atoms with van der Waals surface area (Å²) >= 11 is 7.85. The second-order valence-corrected chi connectivity index (χ2v) is 8.48. The van der Waals surface area contributed by atoms with Gasteiger partial charge in [-0.25, -0.2) is 4.98 Å². The van der Waals surface area contributed by atoms with Crippen LogP contribution in [0.2, 0.25) is 0 Å². The summed E-state index contributed by atoms with van der Waals surface area (Å²) < 4.78 is 5.66. The van der Waals surface area contributed by atoms with Crippen LogP contribution in [0.4, 0.5) is 5.13 Å². The maximum atomic E-state index is 13.0. The summed E-state index contributed by atoms with van der Waals surface area (Å²) in [5.41, 5.74) is 1.59. The Kier molecular flexibility index (Phi) is 7.04. The minimum atomic E-state index is -0.847. The molecule has 1 fully saturated rings. The average Bonchev–Trinajstić information content (AvgIpc) is 3.30. The Labute approximate surface area is 173 Å². The molecule has 2 atom stereocenters. The number of ether oxygens (including phenoxy) is 1. The zero-order valence-corrected chi connectivity index (χ0v) is 17.6. The lowest BCUT2D eigenvalue weighted by atomic mass is 10.1. The van der Waals surface area contributed by atoms with Crippen molar-refractivity contribution in [3.05, 3.63) is 46.5 Å². The summed E-state index contributed by atoms with van der Waals surface area (Å²) in [5.74, 6) is -0.595. The number of benzene rings is 1. The van der Waals surface area contributed by atoms with Crippen LogP contribution in [0, 0.1) is 13.8 Å². The predicted octanol–water partition coefficient (Wildman–Crippen LogP) is 3.69. The summed E-state index contributed by atoms with van der Waals surface area (Å²) in [7, 11) is 0. The molecular weight excluding hydrogens is 398 g/mol. The number of thiazole rings is 1. The van der Waals surface area contributed by atoms with E-state index < -0.39 is 5.38 Å². The van der Waals surface area contributed by atoms with Gasteiger partial charge >= 0.3 is 0 Å². The van der Waals surface area contributed by atoms with Crippen LogP contribution in [0.3, 0.4) is 0 Å². The van der Waals surface area contributed by atoms with Crippen LogP contribution in [0.1, 0.15) is 34.4 Å². The molecule has 0 saturated carbocycles. The number of alkyl halides is 1. The van der Waals surface area contributed by atoms with Crippen molar-refractivity contribution in [2.24, 2.45) is 0 Å². The first-order valence-corrected chi connectivity index (χ1v) is 10.5. The fourth-order valence-electron chi connectivity index (χ4n) is 3.05. The van der Waals surface area contributed by atoms with E-state index in [-0.39, 0.29) is 24.5 Å². The van der Waals surface area contributed by atoms with E-state index in [9.17, 15) is 9.59 Å². The zero-order valence-electron chi connectivity index (χ0n) is 16.0. The zero-order chi connectivity index (χ0) is 20.1. The highest BCUT2D eigenvalue weighted by molar-refractivity contribution is 7.15. The molecule has 2 unspecified atom stereocenters. The fourth-order valence-corrected chi connectivity index (χ4v) is 4.16. The van der Waals surface area contributed by atoms with Crippen molar-refractivity contribution >= 4 is 39.9 Å². The number of aryl methyl sites for hydroxylation is 2. The minimum absolute atomic E-state index is 0.0688. The highest BCUT2D eigenvalue weighted by Crippen LogP contribution is 2.25. The van der Waals surface area contributed by atoms with Gasteiger partial charge < -0.3 is 15.0 Å². The van der Waals surface area contributed by atoms with Gasteiger partial charge in [-0.15, -0.1) is 22.9 Å². The van der Waals surface area contributed by atoms with E-state index in [0.29, 0.717) is 23.8 Å². The van der Waals surface area contributed by atoms with E-state index in [0.717, 1.165) is 23.4 Å². The molecule has 0 bridgehead atoms. The van der Waals surface area contributed by atoms with Crippen LogP contribution < -0.4 is 5.32 Å². The number of rotatable bonds is 7. The van der Waals surface area contributed by atoms with Crippen LogP contribution in [-0.2, 0) is 14.3 Å². The van der Waals surface area contributed by atoms with Crippen molar-refractivity contribution in [3.8, 4) is 0 Å². The number of hydrogen-bond donors (Lipinski definition) is 1. The van der Waals surface area contributed by atoms with E-state index >= 15 is 0 Å². The summed E-state index contributed by atoms with van der Waals surface area (Å²) in [6.45, 7) is 4.78. The van der Waals surface area contributed by atoms with Gasteiger partial charge in [0, 0.05) is 18.0 Å². The molecule has 1 N–H and O–H groups in total. The number of carbonyl (C=O) groups excluding carboxylic acids is 2. The van der Waals surface area contributed by atoms with Crippen molar-refractivity contribution in [1.29, 1.82) is 0 Å². The van der Waals surface area contributed by atoms with Crippen molar-refractivity contribution < 1.29 is 14.3 Å². The molecule has 0 spiro atoms. The van der Waals surface area contributed by atoms with Crippen LogP contribution in [-0.4, -0.2) is 47.5 Å². The summed E-state index contributed by atoms with van der Waals surface area (Å²) in [4.78, 5) is 32.4. The average molecular weight is 422 g/mol. The Balaban J connectivity index is 1.70. The Hall–Kier alpha value is -1.96. The summed E-state index contributed by atoms with van der Waals surface area (Å²) in [5, 5.41) is 2.47. The second kappa shape index (κ2) is 9.49. The van der Waals surface area contributed by atoms with Gasteiger partial charge in [0.25, 0.3) is 0 Å². The van der Waals surface area contributed by atoms with E-state index in [4.69, 9.17) is 16.3 Å². The minimum Gasteiger partial charge on any atom is -0.376 e. The number of nitrogens with zero attached hydrogens (tertiary/aromatic N) is 2. The van der Waals surface area contributed by atoms with Crippen molar-refractivity contribution in [2.75, 3.05) is 25.0 Å². The third-order valence-corrected chi connectivity index (χ3v) is 6.11. The van der Waals surface area contributed by atoms with Gasteiger partial charge in [-0.2, -0.15) is 0 Å². The summed E-state index contributed by atoms with van der Waals surface area (Å²) in [6, 6.07) is 9.15. The monoisotopic (exact) mass is 421 g/mol. The first-order valence-electron chi connectivity index (χ1n) is 9.27. The number of halogens is 1. The summed E-state index contributed by atoms with van der Waals surface area (Å²) in [6.07, 6.45) is 1.76. The molecule has 1 aliphatic heterocycles. The number of aromatic nitrogens is 1. The highest BCUT2D eigenvalue weighted by Gasteiger charge is 2.29. The Morgan fingerprint density at radius 2 is 2.11 bits per heavy atom. The van der Waals surface area contributed by atoms with Crippen LogP contribution >= 0.6 is 22.9 Å². The number of anilines is 1. The van der Waals surface area contributed by atoms with E-state index in [1.165, 1.54) is 16.2 Å². The van der Waals surface area contributed by atoms with E-state index in [2.05, 4.69) is 10.3 Å². The lowest BCUT2D eigenvalue weighted by molar-refractivity contribution is -0.136. The normalized spacial score (nSPS) is 17.3. The molecule has 28 heavy (non-hydrogen) atoms. The third kappa shape index (κ3) is 5.31. The van der Waals surface area contributed by atoms with Crippen LogP contribution in [0.25, 0.3) is 0 Å². The number of nitrogens with one attached hydrogen (secondary N) is 1. The standard InChI is InChI=1S/C20H24ClN3O3S/c1-13-14(2)28-20(22-13)23-17(25)12-24(11-16-9-6-10-27-16)19(26)18(21)15-7-4-3-5-8-15/h3-5,7-8,16,18H,6,9-12H2,1-2H3,(H,22,23,25). The molecule has 2 amide bonds. The van der Waals surface area contributed by atoms with Crippen LogP contribution in [0.15, 0.2) is 30.3 Å². The van der Waals surface area contributed by atoms with Crippen molar-refractivity contribution in [3.63, 3.8) is 0 Å². The number of hydrogen-bond acceptors (Lipinski definition) is 5. The largest absolute Gasteiger partial charge is 0.376 e. The van der Waals surface area contributed by atoms with Gasteiger partial charge in [-0.3, -0.25) is 9.59 Å². The quantitative estimate of drug-likeness (QED) is 0.692. The van der Waals surface area contributed by atoms with E-state index in [1.54, 1.807) is 12.1 Å². The van der Waals surface area contributed by atoms with Crippen molar-refractivity contribution in [1.82, 2.24) is 9.88 Å². The Bertz CT molecular complexity index is 802. The maximum Gasteiger partial charge on any atom is 0.245 e. The first kappa shape index (κ1) is 20.8. The number of amides is 2. The molecular formula is C20H24ClN3O3S. The molecule has 1 saturated heterocycles. The van der Waals surface area contributed by atoms with Gasteiger partial charge in [-0.05, 0) is 32.3 Å². The Morgan fingerprint density at radius 1 is 1.36 bits per heavy atom. The molecule has 1 aromatic heterocycles. The second-order valence-electron chi connectivity index (χ2n) is 6.84. The van der Waals surface area contributed by atoms with Gasteiger partial charge in [0.1, 0.15) is 11.9 Å².